The molecule has 1 aromatic rings. The number of nitrogens with one attached hydrogen (secondary N) is 1. The minimum Gasteiger partial charge on any atom is -0.310 e. The van der Waals surface area contributed by atoms with Gasteiger partial charge < -0.3 is 5.32 Å². The number of nitro groups is 1. The lowest BCUT2D eigenvalue weighted by atomic mass is 9.95. The van der Waals surface area contributed by atoms with Crippen molar-refractivity contribution in [2.75, 3.05) is 6.54 Å². The highest BCUT2D eigenvalue weighted by atomic mass is 19.4. The number of rotatable bonds is 2. The minimum absolute atomic E-state index is 0.210. The van der Waals surface area contributed by atoms with Crippen LogP contribution >= 0.6 is 0 Å². The Morgan fingerprint density at radius 3 is 2.47 bits per heavy atom. The zero-order valence-corrected chi connectivity index (χ0v) is 8.62. The van der Waals surface area contributed by atoms with E-state index in [1.54, 1.807) is 0 Å². The average molecular weight is 246 g/mol. The Hall–Kier alpha value is -1.63. The smallest absolute Gasteiger partial charge is 0.310 e. The SMILES string of the molecule is O=[N+]([O-])c1cc(C(F)(F)F)ccc1C1CCN1. The van der Waals surface area contributed by atoms with Gasteiger partial charge >= 0.3 is 6.18 Å². The topological polar surface area (TPSA) is 55.2 Å². The molecular weight excluding hydrogens is 237 g/mol. The van der Waals surface area contributed by atoms with Crippen molar-refractivity contribution in [3.63, 3.8) is 0 Å². The van der Waals surface area contributed by atoms with Gasteiger partial charge in [0.05, 0.1) is 10.5 Å². The van der Waals surface area contributed by atoms with Crippen LogP contribution in [0.25, 0.3) is 0 Å². The molecular formula is C10H9F3N2O2. The molecule has 1 saturated heterocycles. The van der Waals surface area contributed by atoms with E-state index in [2.05, 4.69) is 5.32 Å². The Kier molecular flexibility index (Phi) is 2.78. The van der Waals surface area contributed by atoms with Gasteiger partial charge in [-0.2, -0.15) is 13.2 Å². The first-order valence-corrected chi connectivity index (χ1v) is 4.98. The summed E-state index contributed by atoms with van der Waals surface area (Å²) >= 11 is 0. The number of halogens is 3. The highest BCUT2D eigenvalue weighted by Crippen LogP contribution is 2.36. The number of hydrogen-bond acceptors (Lipinski definition) is 3. The van der Waals surface area contributed by atoms with Crippen LogP contribution in [-0.4, -0.2) is 11.5 Å². The fraction of sp³-hybridized carbons (Fsp3) is 0.400. The molecule has 0 spiro atoms. The standard InChI is InChI=1S/C10H9F3N2O2/c11-10(12,13)6-1-2-7(8-3-4-14-8)9(5-6)15(16)17/h1-2,5,8,14H,3-4H2. The molecule has 17 heavy (non-hydrogen) atoms. The molecule has 0 amide bonds. The molecule has 1 aromatic carbocycles. The summed E-state index contributed by atoms with van der Waals surface area (Å²) in [6.45, 7) is 0.725. The lowest BCUT2D eigenvalue weighted by Crippen LogP contribution is -2.35. The van der Waals surface area contributed by atoms with E-state index in [9.17, 15) is 23.3 Å². The second kappa shape index (κ2) is 3.99. The van der Waals surface area contributed by atoms with E-state index in [1.807, 2.05) is 0 Å². The molecule has 92 valence electrons. The maximum atomic E-state index is 12.4. The lowest BCUT2D eigenvalue weighted by molar-refractivity contribution is -0.386. The number of nitrogens with zero attached hydrogens (tertiary/aromatic N) is 1. The number of benzene rings is 1. The van der Waals surface area contributed by atoms with Crippen molar-refractivity contribution in [2.45, 2.75) is 18.6 Å². The summed E-state index contributed by atoms with van der Waals surface area (Å²) in [6, 6.07) is 2.44. The molecule has 0 aliphatic carbocycles. The minimum atomic E-state index is -4.56. The molecule has 1 unspecified atom stereocenters. The normalized spacial score (nSPS) is 19.8. The quantitative estimate of drug-likeness (QED) is 0.644. The molecule has 1 heterocycles. The van der Waals surface area contributed by atoms with Crippen LogP contribution in [0.2, 0.25) is 0 Å². The molecule has 1 N–H and O–H groups in total. The van der Waals surface area contributed by atoms with Gasteiger partial charge in [0.15, 0.2) is 0 Å². The van der Waals surface area contributed by atoms with Crippen LogP contribution in [0.3, 0.4) is 0 Å². The van der Waals surface area contributed by atoms with Gasteiger partial charge in [-0.1, -0.05) is 0 Å². The van der Waals surface area contributed by atoms with Gasteiger partial charge in [0.25, 0.3) is 5.69 Å². The van der Waals surface area contributed by atoms with Crippen LogP contribution in [0.4, 0.5) is 18.9 Å². The number of hydrogen-bond donors (Lipinski definition) is 1. The predicted octanol–water partition coefficient (Wildman–Crippen LogP) is 2.65. The van der Waals surface area contributed by atoms with E-state index in [-0.39, 0.29) is 6.04 Å². The first kappa shape index (κ1) is 11.8. The van der Waals surface area contributed by atoms with Gasteiger partial charge in [-0.3, -0.25) is 10.1 Å². The molecule has 0 radical (unpaired) electrons. The molecule has 2 rings (SSSR count). The summed E-state index contributed by atoms with van der Waals surface area (Å²) in [4.78, 5) is 9.98. The van der Waals surface area contributed by atoms with E-state index in [0.29, 0.717) is 18.1 Å². The Bertz CT molecular complexity index is 455. The zero-order chi connectivity index (χ0) is 12.6. The maximum Gasteiger partial charge on any atom is 0.416 e. The molecule has 1 aliphatic heterocycles. The summed E-state index contributed by atoms with van der Waals surface area (Å²) < 4.78 is 37.3. The second-order valence-electron chi connectivity index (χ2n) is 3.82. The third-order valence-electron chi connectivity index (χ3n) is 2.75. The fourth-order valence-corrected chi connectivity index (χ4v) is 1.73. The van der Waals surface area contributed by atoms with Crippen LogP contribution in [0.1, 0.15) is 23.6 Å². The van der Waals surface area contributed by atoms with Gasteiger partial charge in [0.2, 0.25) is 0 Å². The van der Waals surface area contributed by atoms with Crippen molar-refractivity contribution in [3.8, 4) is 0 Å². The Morgan fingerprint density at radius 2 is 2.06 bits per heavy atom. The average Bonchev–Trinajstić information content (AvgIpc) is 2.13. The molecule has 0 aromatic heterocycles. The molecule has 7 heteroatoms. The molecule has 0 bridgehead atoms. The molecule has 1 aliphatic rings. The first-order chi connectivity index (χ1) is 7.89. The van der Waals surface area contributed by atoms with Crippen molar-refractivity contribution in [1.82, 2.24) is 5.32 Å². The van der Waals surface area contributed by atoms with E-state index in [1.165, 1.54) is 6.07 Å². The summed E-state index contributed by atoms with van der Waals surface area (Å²) in [5, 5.41) is 13.7. The van der Waals surface area contributed by atoms with Crippen molar-refractivity contribution in [2.24, 2.45) is 0 Å². The third kappa shape index (κ3) is 2.23. The van der Waals surface area contributed by atoms with Crippen LogP contribution < -0.4 is 5.32 Å². The molecule has 1 fully saturated rings. The van der Waals surface area contributed by atoms with Crippen molar-refractivity contribution in [1.29, 1.82) is 0 Å². The first-order valence-electron chi connectivity index (χ1n) is 4.98. The highest BCUT2D eigenvalue weighted by Gasteiger charge is 2.34. The molecule has 0 saturated carbocycles. The predicted molar refractivity (Wildman–Crippen MR) is 53.5 cm³/mol. The van der Waals surface area contributed by atoms with Crippen molar-refractivity contribution in [3.05, 3.63) is 39.4 Å². The second-order valence-corrected chi connectivity index (χ2v) is 3.82. The van der Waals surface area contributed by atoms with Crippen LogP contribution in [0.5, 0.6) is 0 Å². The van der Waals surface area contributed by atoms with E-state index in [0.717, 1.165) is 12.6 Å². The van der Waals surface area contributed by atoms with Gasteiger partial charge in [0.1, 0.15) is 0 Å². The van der Waals surface area contributed by atoms with Crippen LogP contribution in [0.15, 0.2) is 18.2 Å². The maximum absolute atomic E-state index is 12.4. The van der Waals surface area contributed by atoms with Crippen molar-refractivity contribution >= 4 is 5.69 Å². The molecule has 1 atom stereocenters. The van der Waals surface area contributed by atoms with Gasteiger partial charge in [-0.15, -0.1) is 0 Å². The van der Waals surface area contributed by atoms with E-state index < -0.39 is 22.4 Å². The number of nitro benzene ring substituents is 1. The largest absolute Gasteiger partial charge is 0.416 e. The van der Waals surface area contributed by atoms with Crippen LogP contribution in [-0.2, 0) is 6.18 Å². The van der Waals surface area contributed by atoms with Crippen LogP contribution in [0, 0.1) is 10.1 Å². The monoisotopic (exact) mass is 246 g/mol. The van der Waals surface area contributed by atoms with Gasteiger partial charge in [-0.25, -0.2) is 0 Å². The zero-order valence-electron chi connectivity index (χ0n) is 8.62. The Balaban J connectivity index is 2.44. The van der Waals surface area contributed by atoms with Crippen molar-refractivity contribution < 1.29 is 18.1 Å². The summed E-state index contributed by atoms with van der Waals surface area (Å²) in [5.74, 6) is 0. The van der Waals surface area contributed by atoms with Gasteiger partial charge in [-0.05, 0) is 25.1 Å². The summed E-state index contributed by atoms with van der Waals surface area (Å²) in [5.41, 5.74) is -1.15. The molecule has 4 nitrogen and oxygen atoms in total. The Labute approximate surface area is 94.6 Å². The van der Waals surface area contributed by atoms with E-state index in [4.69, 9.17) is 0 Å². The Morgan fingerprint density at radius 1 is 1.41 bits per heavy atom. The van der Waals surface area contributed by atoms with Gasteiger partial charge in [0, 0.05) is 17.7 Å². The summed E-state index contributed by atoms with van der Waals surface area (Å²) in [7, 11) is 0. The summed E-state index contributed by atoms with van der Waals surface area (Å²) in [6.07, 6.45) is -3.86. The lowest BCUT2D eigenvalue weighted by Gasteiger charge is -2.27. The number of alkyl halides is 3. The third-order valence-corrected chi connectivity index (χ3v) is 2.75. The van der Waals surface area contributed by atoms with E-state index >= 15 is 0 Å². The highest BCUT2D eigenvalue weighted by molar-refractivity contribution is 5.46. The fourth-order valence-electron chi connectivity index (χ4n) is 1.73.